The fourth-order valence-electron chi connectivity index (χ4n) is 2.52. The number of carbonyl (C=O) groups is 1. The molecule has 21 heavy (non-hydrogen) atoms. The van der Waals surface area contributed by atoms with Crippen LogP contribution in [0.5, 0.6) is 0 Å². The van der Waals surface area contributed by atoms with Gasteiger partial charge in [0, 0.05) is 5.54 Å². The number of hydrogen-bond acceptors (Lipinski definition) is 3. The van der Waals surface area contributed by atoms with Gasteiger partial charge in [-0.15, -0.1) is 0 Å². The number of sulfonamides is 1. The maximum Gasteiger partial charge on any atom is 0.335 e. The standard InChI is InChI=1S/C13H15F2NO4S/c1-13(4-2-3-5-13)16-21(19,20)10-7-8(12(17)18)6-9(14)11(10)15/h6-7,16H,2-5H2,1H3,(H,17,18). The molecule has 0 atom stereocenters. The van der Waals surface area contributed by atoms with E-state index in [-0.39, 0.29) is 0 Å². The van der Waals surface area contributed by atoms with E-state index < -0.39 is 43.6 Å². The minimum Gasteiger partial charge on any atom is -0.478 e. The average Bonchev–Trinajstić information content (AvgIpc) is 2.77. The first-order valence-corrected chi connectivity index (χ1v) is 7.89. The lowest BCUT2D eigenvalue weighted by Crippen LogP contribution is -2.43. The molecule has 0 spiro atoms. The Balaban J connectivity index is 2.46. The van der Waals surface area contributed by atoms with Crippen LogP contribution in [0.3, 0.4) is 0 Å². The van der Waals surface area contributed by atoms with Gasteiger partial charge < -0.3 is 5.11 Å². The van der Waals surface area contributed by atoms with Crippen molar-refractivity contribution in [2.45, 2.75) is 43.0 Å². The van der Waals surface area contributed by atoms with E-state index in [1.807, 2.05) is 0 Å². The molecule has 0 heterocycles. The van der Waals surface area contributed by atoms with E-state index >= 15 is 0 Å². The summed E-state index contributed by atoms with van der Waals surface area (Å²) in [6.45, 7) is 1.69. The van der Waals surface area contributed by atoms with Crippen molar-refractivity contribution in [2.24, 2.45) is 0 Å². The van der Waals surface area contributed by atoms with Gasteiger partial charge >= 0.3 is 5.97 Å². The number of benzene rings is 1. The van der Waals surface area contributed by atoms with Crippen LogP contribution < -0.4 is 4.72 Å². The van der Waals surface area contributed by atoms with E-state index in [0.717, 1.165) is 12.8 Å². The highest BCUT2D eigenvalue weighted by Crippen LogP contribution is 2.31. The zero-order valence-electron chi connectivity index (χ0n) is 11.3. The molecule has 1 saturated carbocycles. The fourth-order valence-corrected chi connectivity index (χ4v) is 4.10. The van der Waals surface area contributed by atoms with Gasteiger partial charge in [-0.3, -0.25) is 0 Å². The van der Waals surface area contributed by atoms with Crippen LogP contribution in [0.2, 0.25) is 0 Å². The maximum atomic E-state index is 13.8. The molecule has 0 aliphatic heterocycles. The lowest BCUT2D eigenvalue weighted by atomic mass is 10.0. The zero-order chi connectivity index (χ0) is 15.8. The van der Waals surface area contributed by atoms with Crippen LogP contribution in [0, 0.1) is 11.6 Å². The summed E-state index contributed by atoms with van der Waals surface area (Å²) in [7, 11) is -4.34. The van der Waals surface area contributed by atoms with E-state index in [9.17, 15) is 22.0 Å². The minimum atomic E-state index is -4.34. The van der Waals surface area contributed by atoms with Gasteiger partial charge in [-0.05, 0) is 31.9 Å². The Morgan fingerprint density at radius 2 is 1.86 bits per heavy atom. The first-order chi connectivity index (χ1) is 9.65. The second kappa shape index (κ2) is 5.34. The number of aromatic carboxylic acids is 1. The van der Waals surface area contributed by atoms with Crippen molar-refractivity contribution < 1.29 is 27.1 Å². The minimum absolute atomic E-state index is 0.452. The Morgan fingerprint density at radius 1 is 1.29 bits per heavy atom. The molecule has 8 heteroatoms. The third kappa shape index (κ3) is 3.21. The molecule has 5 nitrogen and oxygen atoms in total. The summed E-state index contributed by atoms with van der Waals surface area (Å²) >= 11 is 0. The summed E-state index contributed by atoms with van der Waals surface area (Å²) < 4.78 is 54.0. The second-order valence-electron chi connectivity index (χ2n) is 5.45. The van der Waals surface area contributed by atoms with Crippen LogP contribution in [0.25, 0.3) is 0 Å². The Bertz CT molecular complexity index is 682. The van der Waals surface area contributed by atoms with Crippen molar-refractivity contribution in [2.75, 3.05) is 0 Å². The first-order valence-electron chi connectivity index (χ1n) is 6.41. The van der Waals surface area contributed by atoms with E-state index in [1.165, 1.54) is 0 Å². The van der Waals surface area contributed by atoms with Crippen LogP contribution in [-0.4, -0.2) is 25.0 Å². The van der Waals surface area contributed by atoms with Crippen molar-refractivity contribution in [1.29, 1.82) is 0 Å². The molecular weight excluding hydrogens is 304 g/mol. The third-order valence-corrected chi connectivity index (χ3v) is 5.26. The molecule has 0 bridgehead atoms. The van der Waals surface area contributed by atoms with Gasteiger partial charge in [0.2, 0.25) is 10.0 Å². The van der Waals surface area contributed by atoms with Crippen molar-refractivity contribution in [3.8, 4) is 0 Å². The number of halogens is 2. The summed E-state index contributed by atoms with van der Waals surface area (Å²) in [5.41, 5.74) is -1.34. The van der Waals surface area contributed by atoms with Crippen LogP contribution in [0.15, 0.2) is 17.0 Å². The topological polar surface area (TPSA) is 83.5 Å². The van der Waals surface area contributed by atoms with Crippen LogP contribution >= 0.6 is 0 Å². The zero-order valence-corrected chi connectivity index (χ0v) is 12.1. The molecular formula is C13H15F2NO4S. The highest BCUT2D eigenvalue weighted by Gasteiger charge is 2.35. The van der Waals surface area contributed by atoms with Crippen molar-refractivity contribution >= 4 is 16.0 Å². The van der Waals surface area contributed by atoms with E-state index in [2.05, 4.69) is 4.72 Å². The highest BCUT2D eigenvalue weighted by atomic mass is 32.2. The number of rotatable bonds is 4. The molecule has 0 radical (unpaired) electrons. The van der Waals surface area contributed by atoms with E-state index in [0.29, 0.717) is 25.0 Å². The van der Waals surface area contributed by atoms with Gasteiger partial charge in [-0.1, -0.05) is 12.8 Å². The molecule has 1 aliphatic carbocycles. The normalized spacial score (nSPS) is 17.9. The highest BCUT2D eigenvalue weighted by molar-refractivity contribution is 7.89. The number of carboxylic acids is 1. The van der Waals surface area contributed by atoms with Gasteiger partial charge in [-0.25, -0.2) is 26.7 Å². The molecule has 1 aliphatic rings. The Hall–Kier alpha value is -1.54. The molecule has 0 unspecified atom stereocenters. The molecule has 0 aromatic heterocycles. The molecule has 1 fully saturated rings. The first kappa shape index (κ1) is 15.8. The monoisotopic (exact) mass is 319 g/mol. The van der Waals surface area contributed by atoms with Gasteiger partial charge in [0.1, 0.15) is 4.90 Å². The van der Waals surface area contributed by atoms with Gasteiger partial charge in [-0.2, -0.15) is 0 Å². The van der Waals surface area contributed by atoms with Crippen molar-refractivity contribution in [3.05, 3.63) is 29.3 Å². The Kier molecular flexibility index (Phi) is 4.03. The van der Waals surface area contributed by atoms with Crippen LogP contribution in [0.4, 0.5) is 8.78 Å². The molecule has 1 aromatic carbocycles. The lowest BCUT2D eigenvalue weighted by Gasteiger charge is -2.25. The van der Waals surface area contributed by atoms with Gasteiger partial charge in [0.15, 0.2) is 11.6 Å². The smallest absolute Gasteiger partial charge is 0.335 e. The predicted molar refractivity (Wildman–Crippen MR) is 70.5 cm³/mol. The second-order valence-corrected chi connectivity index (χ2v) is 7.10. The predicted octanol–water partition coefficient (Wildman–Crippen LogP) is 2.27. The molecule has 0 amide bonds. The fraction of sp³-hybridized carbons (Fsp3) is 0.462. The molecule has 1 aromatic rings. The molecule has 2 N–H and O–H groups in total. The van der Waals surface area contributed by atoms with Crippen molar-refractivity contribution in [3.63, 3.8) is 0 Å². The summed E-state index contributed by atoms with van der Waals surface area (Å²) in [6, 6.07) is 1.08. The Morgan fingerprint density at radius 3 is 2.38 bits per heavy atom. The van der Waals surface area contributed by atoms with E-state index in [4.69, 9.17) is 5.11 Å². The largest absolute Gasteiger partial charge is 0.478 e. The summed E-state index contributed by atoms with van der Waals surface area (Å²) in [6.07, 6.45) is 2.86. The quantitative estimate of drug-likeness (QED) is 0.892. The van der Waals surface area contributed by atoms with Gasteiger partial charge in [0.05, 0.1) is 5.56 Å². The molecule has 116 valence electrons. The molecule has 0 saturated heterocycles. The lowest BCUT2D eigenvalue weighted by molar-refractivity contribution is 0.0696. The summed E-state index contributed by atoms with van der Waals surface area (Å²) in [4.78, 5) is 9.87. The van der Waals surface area contributed by atoms with Gasteiger partial charge in [0.25, 0.3) is 0 Å². The third-order valence-electron chi connectivity index (χ3n) is 3.62. The number of nitrogens with one attached hydrogen (secondary N) is 1. The Labute approximate surface area is 121 Å². The van der Waals surface area contributed by atoms with Crippen LogP contribution in [-0.2, 0) is 10.0 Å². The molecule has 2 rings (SSSR count). The number of hydrogen-bond donors (Lipinski definition) is 2. The SMILES string of the molecule is CC1(NS(=O)(=O)c2cc(C(=O)O)cc(F)c2F)CCCC1. The van der Waals surface area contributed by atoms with Crippen molar-refractivity contribution in [1.82, 2.24) is 4.72 Å². The maximum absolute atomic E-state index is 13.8. The average molecular weight is 319 g/mol. The van der Waals surface area contributed by atoms with Crippen LogP contribution in [0.1, 0.15) is 43.0 Å². The number of carboxylic acid groups (broad SMARTS) is 1. The van der Waals surface area contributed by atoms with E-state index in [1.54, 1.807) is 6.92 Å². The summed E-state index contributed by atoms with van der Waals surface area (Å²) in [5, 5.41) is 8.82. The summed E-state index contributed by atoms with van der Waals surface area (Å²) in [5.74, 6) is -4.61.